The SMILES string of the molecule is CCCNC(=O)CN(C)C(=O)CN(C)C(C)CO. The monoisotopic (exact) mass is 259 g/mol. The molecule has 1 atom stereocenters. The average Bonchev–Trinajstić information content (AvgIpc) is 2.34. The van der Waals surface area contributed by atoms with Gasteiger partial charge in [-0.2, -0.15) is 0 Å². The molecule has 0 aromatic rings. The lowest BCUT2D eigenvalue weighted by molar-refractivity contribution is -0.135. The Labute approximate surface area is 109 Å². The Morgan fingerprint density at radius 1 is 1.28 bits per heavy atom. The first-order valence-electron chi connectivity index (χ1n) is 6.24. The number of hydrogen-bond acceptors (Lipinski definition) is 4. The molecule has 6 heteroatoms. The van der Waals surface area contributed by atoms with Crippen molar-refractivity contribution in [2.75, 3.05) is 40.3 Å². The highest BCUT2D eigenvalue weighted by atomic mass is 16.3. The molecule has 1 unspecified atom stereocenters. The maximum absolute atomic E-state index is 11.8. The minimum absolute atomic E-state index is 0.00444. The molecule has 0 bridgehead atoms. The Bertz CT molecular complexity index is 271. The van der Waals surface area contributed by atoms with Gasteiger partial charge < -0.3 is 15.3 Å². The van der Waals surface area contributed by atoms with E-state index < -0.39 is 0 Å². The molecule has 18 heavy (non-hydrogen) atoms. The number of hydrogen-bond donors (Lipinski definition) is 2. The molecule has 106 valence electrons. The molecular weight excluding hydrogens is 234 g/mol. The molecule has 0 radical (unpaired) electrons. The van der Waals surface area contributed by atoms with Crippen LogP contribution in [0.3, 0.4) is 0 Å². The lowest BCUT2D eigenvalue weighted by atomic mass is 10.3. The third-order valence-electron chi connectivity index (χ3n) is 2.78. The predicted molar refractivity (Wildman–Crippen MR) is 70.1 cm³/mol. The highest BCUT2D eigenvalue weighted by Crippen LogP contribution is 1.96. The molecule has 0 aliphatic rings. The number of likely N-dealkylation sites (N-methyl/N-ethyl adjacent to an activating group) is 2. The van der Waals surface area contributed by atoms with Gasteiger partial charge in [-0.15, -0.1) is 0 Å². The Kier molecular flexibility index (Phi) is 8.32. The van der Waals surface area contributed by atoms with Gasteiger partial charge in [0.15, 0.2) is 0 Å². The fraction of sp³-hybridized carbons (Fsp3) is 0.833. The third-order valence-corrected chi connectivity index (χ3v) is 2.78. The molecule has 0 spiro atoms. The molecule has 0 aliphatic heterocycles. The molecular formula is C12H25N3O3. The smallest absolute Gasteiger partial charge is 0.239 e. The van der Waals surface area contributed by atoms with E-state index in [0.717, 1.165) is 6.42 Å². The van der Waals surface area contributed by atoms with Crippen LogP contribution in [0, 0.1) is 0 Å². The summed E-state index contributed by atoms with van der Waals surface area (Å²) in [6.45, 7) is 4.70. The zero-order chi connectivity index (χ0) is 14.1. The largest absolute Gasteiger partial charge is 0.395 e. The van der Waals surface area contributed by atoms with Gasteiger partial charge in [0.25, 0.3) is 0 Å². The quantitative estimate of drug-likeness (QED) is 0.603. The standard InChI is InChI=1S/C12H25N3O3/c1-5-6-13-11(17)7-15(4)12(18)8-14(3)10(2)9-16/h10,16H,5-9H2,1-4H3,(H,13,17). The molecule has 6 nitrogen and oxygen atoms in total. The van der Waals surface area contributed by atoms with Crippen molar-refractivity contribution in [1.82, 2.24) is 15.1 Å². The van der Waals surface area contributed by atoms with Gasteiger partial charge in [0.05, 0.1) is 19.7 Å². The summed E-state index contributed by atoms with van der Waals surface area (Å²) in [6, 6.07) is -0.0729. The number of nitrogens with one attached hydrogen (secondary N) is 1. The van der Waals surface area contributed by atoms with Gasteiger partial charge >= 0.3 is 0 Å². The summed E-state index contributed by atoms with van der Waals surface area (Å²) >= 11 is 0. The number of aliphatic hydroxyl groups is 1. The van der Waals surface area contributed by atoms with E-state index >= 15 is 0 Å². The Balaban J connectivity index is 4.06. The van der Waals surface area contributed by atoms with Crippen LogP contribution in [-0.4, -0.2) is 73.1 Å². The van der Waals surface area contributed by atoms with E-state index in [1.54, 1.807) is 19.0 Å². The van der Waals surface area contributed by atoms with Crippen LogP contribution in [0.15, 0.2) is 0 Å². The maximum Gasteiger partial charge on any atom is 0.239 e. The fourth-order valence-electron chi connectivity index (χ4n) is 1.25. The van der Waals surface area contributed by atoms with Crippen molar-refractivity contribution < 1.29 is 14.7 Å². The molecule has 0 fully saturated rings. The van der Waals surface area contributed by atoms with Crippen molar-refractivity contribution in [2.45, 2.75) is 26.3 Å². The molecule has 0 aliphatic carbocycles. The normalized spacial score (nSPS) is 12.3. The van der Waals surface area contributed by atoms with Crippen LogP contribution in [0.5, 0.6) is 0 Å². The van der Waals surface area contributed by atoms with Crippen LogP contribution in [0.25, 0.3) is 0 Å². The van der Waals surface area contributed by atoms with Gasteiger partial charge in [-0.05, 0) is 20.4 Å². The van der Waals surface area contributed by atoms with E-state index in [9.17, 15) is 9.59 Å². The van der Waals surface area contributed by atoms with E-state index in [1.165, 1.54) is 4.90 Å². The van der Waals surface area contributed by atoms with Gasteiger partial charge in [0.2, 0.25) is 11.8 Å². The molecule has 0 saturated carbocycles. The van der Waals surface area contributed by atoms with Crippen molar-refractivity contribution in [3.63, 3.8) is 0 Å². The number of aliphatic hydroxyl groups excluding tert-OH is 1. The molecule has 0 rings (SSSR count). The van der Waals surface area contributed by atoms with E-state index in [4.69, 9.17) is 5.11 Å². The van der Waals surface area contributed by atoms with Gasteiger partial charge in [-0.3, -0.25) is 14.5 Å². The van der Waals surface area contributed by atoms with Crippen LogP contribution in [0.1, 0.15) is 20.3 Å². The summed E-state index contributed by atoms with van der Waals surface area (Å²) in [6.07, 6.45) is 0.875. The summed E-state index contributed by atoms with van der Waals surface area (Å²) in [5, 5.41) is 11.7. The highest BCUT2D eigenvalue weighted by molar-refractivity contribution is 5.85. The highest BCUT2D eigenvalue weighted by Gasteiger charge is 2.17. The van der Waals surface area contributed by atoms with Gasteiger partial charge in [0, 0.05) is 19.6 Å². The van der Waals surface area contributed by atoms with Crippen LogP contribution >= 0.6 is 0 Å². The Morgan fingerprint density at radius 3 is 2.39 bits per heavy atom. The summed E-state index contributed by atoms with van der Waals surface area (Å²) in [5.74, 6) is -0.282. The molecule has 0 aromatic carbocycles. The zero-order valence-corrected chi connectivity index (χ0v) is 11.8. The van der Waals surface area contributed by atoms with Crippen molar-refractivity contribution in [2.24, 2.45) is 0 Å². The molecule has 0 saturated heterocycles. The number of rotatable bonds is 8. The first-order chi connectivity index (χ1) is 8.42. The Hall–Kier alpha value is -1.14. The van der Waals surface area contributed by atoms with E-state index in [-0.39, 0.29) is 37.6 Å². The third kappa shape index (κ3) is 6.56. The van der Waals surface area contributed by atoms with Gasteiger partial charge in [0.1, 0.15) is 0 Å². The topological polar surface area (TPSA) is 72.9 Å². The minimum Gasteiger partial charge on any atom is -0.395 e. The lowest BCUT2D eigenvalue weighted by Crippen LogP contribution is -2.44. The summed E-state index contributed by atoms with van der Waals surface area (Å²) in [7, 11) is 3.37. The number of amides is 2. The molecule has 2 N–H and O–H groups in total. The van der Waals surface area contributed by atoms with Crippen LogP contribution in [0.2, 0.25) is 0 Å². The fourth-order valence-corrected chi connectivity index (χ4v) is 1.25. The van der Waals surface area contributed by atoms with Gasteiger partial charge in [-0.1, -0.05) is 6.92 Å². The maximum atomic E-state index is 11.8. The van der Waals surface area contributed by atoms with E-state index in [1.807, 2.05) is 13.8 Å². The molecule has 2 amide bonds. The summed E-state index contributed by atoms with van der Waals surface area (Å²) < 4.78 is 0. The second-order valence-electron chi connectivity index (χ2n) is 4.55. The van der Waals surface area contributed by atoms with Gasteiger partial charge in [-0.25, -0.2) is 0 Å². The zero-order valence-electron chi connectivity index (χ0n) is 11.8. The number of nitrogens with zero attached hydrogens (tertiary/aromatic N) is 2. The average molecular weight is 259 g/mol. The molecule has 0 aromatic heterocycles. The van der Waals surface area contributed by atoms with Crippen LogP contribution < -0.4 is 5.32 Å². The Morgan fingerprint density at radius 2 is 1.89 bits per heavy atom. The van der Waals surface area contributed by atoms with Crippen LogP contribution in [-0.2, 0) is 9.59 Å². The van der Waals surface area contributed by atoms with Crippen molar-refractivity contribution in [3.8, 4) is 0 Å². The van der Waals surface area contributed by atoms with Crippen molar-refractivity contribution >= 4 is 11.8 Å². The number of carbonyl (C=O) groups is 2. The van der Waals surface area contributed by atoms with E-state index in [0.29, 0.717) is 6.54 Å². The first-order valence-corrected chi connectivity index (χ1v) is 6.24. The second kappa shape index (κ2) is 8.88. The predicted octanol–water partition coefficient (Wildman–Crippen LogP) is -0.716. The van der Waals surface area contributed by atoms with Crippen molar-refractivity contribution in [3.05, 3.63) is 0 Å². The minimum atomic E-state index is -0.148. The second-order valence-corrected chi connectivity index (χ2v) is 4.55. The first kappa shape index (κ1) is 16.9. The molecule has 0 heterocycles. The summed E-state index contributed by atoms with van der Waals surface area (Å²) in [5.41, 5.74) is 0. The van der Waals surface area contributed by atoms with Crippen molar-refractivity contribution in [1.29, 1.82) is 0 Å². The lowest BCUT2D eigenvalue weighted by Gasteiger charge is -2.25. The van der Waals surface area contributed by atoms with E-state index in [2.05, 4.69) is 5.32 Å². The summed E-state index contributed by atoms with van der Waals surface area (Å²) in [4.78, 5) is 26.4. The van der Waals surface area contributed by atoms with Crippen LogP contribution in [0.4, 0.5) is 0 Å². The number of carbonyl (C=O) groups excluding carboxylic acids is 2.